The monoisotopic (exact) mass is 205 g/mol. The van der Waals surface area contributed by atoms with Crippen molar-refractivity contribution in [3.05, 3.63) is 35.4 Å². The van der Waals surface area contributed by atoms with Gasteiger partial charge in [-0.1, -0.05) is 31.5 Å². The number of aliphatic hydroxyl groups is 1. The summed E-state index contributed by atoms with van der Waals surface area (Å²) >= 11 is 0. The van der Waals surface area contributed by atoms with Crippen LogP contribution in [0.2, 0.25) is 0 Å². The molecule has 15 heavy (non-hydrogen) atoms. The van der Waals surface area contributed by atoms with Gasteiger partial charge in [0.05, 0.1) is 0 Å². The van der Waals surface area contributed by atoms with Gasteiger partial charge in [0.1, 0.15) is 0 Å². The van der Waals surface area contributed by atoms with Gasteiger partial charge < -0.3 is 10.0 Å². The summed E-state index contributed by atoms with van der Waals surface area (Å²) in [5.41, 5.74) is 1.37. The Kier molecular flexibility index (Phi) is 2.73. The fourth-order valence-corrected chi connectivity index (χ4v) is 1.90. The van der Waals surface area contributed by atoms with Crippen molar-refractivity contribution in [2.24, 2.45) is 0 Å². The Morgan fingerprint density at radius 2 is 2.13 bits per heavy atom. The van der Waals surface area contributed by atoms with Gasteiger partial charge in [0.25, 0.3) is 5.91 Å². The quantitative estimate of drug-likeness (QED) is 0.819. The largest absolute Gasteiger partial charge is 0.369 e. The number of carbonyl (C=O) groups is 1. The van der Waals surface area contributed by atoms with Crippen molar-refractivity contribution in [3.63, 3.8) is 0 Å². The number of hydrogen-bond donors (Lipinski definition) is 1. The lowest BCUT2D eigenvalue weighted by Crippen LogP contribution is -2.28. The second-order valence-corrected chi connectivity index (χ2v) is 3.81. The molecule has 0 aromatic heterocycles. The molecule has 1 aliphatic rings. The van der Waals surface area contributed by atoms with Gasteiger partial charge >= 0.3 is 0 Å². The van der Waals surface area contributed by atoms with E-state index in [0.29, 0.717) is 12.1 Å². The summed E-state index contributed by atoms with van der Waals surface area (Å²) in [4.78, 5) is 13.4. The highest BCUT2D eigenvalue weighted by Crippen LogP contribution is 2.31. The number of nitrogens with zero attached hydrogens (tertiary/aromatic N) is 1. The summed E-state index contributed by atoms with van der Waals surface area (Å²) < 4.78 is 0. The van der Waals surface area contributed by atoms with E-state index in [2.05, 4.69) is 6.92 Å². The molecule has 1 aromatic carbocycles. The summed E-state index contributed by atoms with van der Waals surface area (Å²) in [7, 11) is 0. The summed E-state index contributed by atoms with van der Waals surface area (Å²) in [6.07, 6.45) is 1.20. The van der Waals surface area contributed by atoms with E-state index >= 15 is 0 Å². The number of amides is 1. The second kappa shape index (κ2) is 4.03. The lowest BCUT2D eigenvalue weighted by Gasteiger charge is -2.20. The number of unbranched alkanes of at least 4 members (excludes halogenated alkanes) is 1. The standard InChI is InChI=1S/C12H15NO2/c1-2-3-8-13-11(14)9-6-4-5-7-10(9)12(13)15/h4-7,11,14H,2-3,8H2,1H3. The summed E-state index contributed by atoms with van der Waals surface area (Å²) in [6, 6.07) is 7.25. The van der Waals surface area contributed by atoms with Crippen molar-refractivity contribution in [2.45, 2.75) is 26.0 Å². The number of carbonyl (C=O) groups excluding carboxylic acids is 1. The molecule has 0 radical (unpaired) electrons. The average Bonchev–Trinajstić information content (AvgIpc) is 2.51. The van der Waals surface area contributed by atoms with Crippen molar-refractivity contribution < 1.29 is 9.90 Å². The third-order valence-electron chi connectivity index (χ3n) is 2.78. The van der Waals surface area contributed by atoms with Crippen molar-refractivity contribution in [1.82, 2.24) is 4.90 Å². The number of fused-ring (bicyclic) bond motifs is 1. The molecule has 3 nitrogen and oxygen atoms in total. The van der Waals surface area contributed by atoms with Gasteiger partial charge in [0, 0.05) is 17.7 Å². The van der Waals surface area contributed by atoms with Crippen molar-refractivity contribution >= 4 is 5.91 Å². The maximum atomic E-state index is 11.9. The van der Waals surface area contributed by atoms with Crippen LogP contribution in [0, 0.1) is 0 Å². The van der Waals surface area contributed by atoms with Crippen LogP contribution in [0.15, 0.2) is 24.3 Å². The van der Waals surface area contributed by atoms with E-state index in [4.69, 9.17) is 0 Å². The maximum absolute atomic E-state index is 11.9. The third-order valence-corrected chi connectivity index (χ3v) is 2.78. The van der Waals surface area contributed by atoms with Crippen LogP contribution in [0.1, 0.15) is 41.9 Å². The molecule has 0 bridgehead atoms. The fraction of sp³-hybridized carbons (Fsp3) is 0.417. The molecule has 1 N–H and O–H groups in total. The van der Waals surface area contributed by atoms with Crippen LogP contribution in [0.4, 0.5) is 0 Å². The Morgan fingerprint density at radius 3 is 2.80 bits per heavy atom. The molecule has 1 unspecified atom stereocenters. The maximum Gasteiger partial charge on any atom is 0.256 e. The first-order chi connectivity index (χ1) is 7.25. The van der Waals surface area contributed by atoms with Gasteiger partial charge in [-0.2, -0.15) is 0 Å². The van der Waals surface area contributed by atoms with Crippen molar-refractivity contribution in [1.29, 1.82) is 0 Å². The van der Waals surface area contributed by atoms with E-state index in [0.717, 1.165) is 18.4 Å². The zero-order valence-corrected chi connectivity index (χ0v) is 8.81. The zero-order valence-electron chi connectivity index (χ0n) is 8.81. The number of benzene rings is 1. The van der Waals surface area contributed by atoms with Gasteiger partial charge in [-0.05, 0) is 12.5 Å². The Balaban J connectivity index is 2.25. The molecule has 1 amide bonds. The van der Waals surface area contributed by atoms with Gasteiger partial charge in [-0.3, -0.25) is 4.79 Å². The molecule has 0 spiro atoms. The van der Waals surface area contributed by atoms with Crippen LogP contribution in [0.25, 0.3) is 0 Å². The first-order valence-corrected chi connectivity index (χ1v) is 5.33. The van der Waals surface area contributed by atoms with Gasteiger partial charge in [0.2, 0.25) is 0 Å². The molecular formula is C12H15NO2. The van der Waals surface area contributed by atoms with Crippen LogP contribution in [0.3, 0.4) is 0 Å². The van der Waals surface area contributed by atoms with E-state index in [1.54, 1.807) is 6.07 Å². The number of hydrogen-bond acceptors (Lipinski definition) is 2. The molecule has 1 atom stereocenters. The predicted octanol–water partition coefficient (Wildman–Crippen LogP) is 1.93. The molecule has 0 fully saturated rings. The molecule has 80 valence electrons. The molecule has 0 aliphatic carbocycles. The van der Waals surface area contributed by atoms with Crippen molar-refractivity contribution in [2.75, 3.05) is 6.54 Å². The number of aliphatic hydroxyl groups excluding tert-OH is 1. The first-order valence-electron chi connectivity index (χ1n) is 5.33. The number of rotatable bonds is 3. The van der Waals surface area contributed by atoms with Gasteiger partial charge in [-0.15, -0.1) is 0 Å². The van der Waals surface area contributed by atoms with Crippen molar-refractivity contribution in [3.8, 4) is 0 Å². The zero-order chi connectivity index (χ0) is 10.8. The minimum absolute atomic E-state index is 0.0495. The second-order valence-electron chi connectivity index (χ2n) is 3.81. The topological polar surface area (TPSA) is 40.5 Å². The van der Waals surface area contributed by atoms with E-state index in [1.807, 2.05) is 18.2 Å². The first kappa shape index (κ1) is 10.2. The molecule has 3 heteroatoms. The molecule has 1 heterocycles. The van der Waals surface area contributed by atoms with Crippen LogP contribution in [-0.4, -0.2) is 22.5 Å². The highest BCUT2D eigenvalue weighted by molar-refractivity contribution is 5.98. The third kappa shape index (κ3) is 1.63. The predicted molar refractivity (Wildman–Crippen MR) is 57.3 cm³/mol. The van der Waals surface area contributed by atoms with Crippen LogP contribution >= 0.6 is 0 Å². The summed E-state index contributed by atoms with van der Waals surface area (Å²) in [6.45, 7) is 2.70. The highest BCUT2D eigenvalue weighted by Gasteiger charge is 2.34. The molecule has 1 aromatic rings. The summed E-state index contributed by atoms with van der Waals surface area (Å²) in [5.74, 6) is -0.0495. The molecular weight excluding hydrogens is 190 g/mol. The molecule has 2 rings (SSSR count). The normalized spacial score (nSPS) is 19.5. The van der Waals surface area contributed by atoms with Crippen LogP contribution in [-0.2, 0) is 0 Å². The van der Waals surface area contributed by atoms with E-state index in [9.17, 15) is 9.90 Å². The fourth-order valence-electron chi connectivity index (χ4n) is 1.90. The minimum Gasteiger partial charge on any atom is -0.369 e. The Bertz CT molecular complexity index is 376. The average molecular weight is 205 g/mol. The van der Waals surface area contributed by atoms with Gasteiger partial charge in [-0.25, -0.2) is 0 Å². The lowest BCUT2D eigenvalue weighted by molar-refractivity contribution is 0.0172. The van der Waals surface area contributed by atoms with E-state index < -0.39 is 6.23 Å². The summed E-state index contributed by atoms with van der Waals surface area (Å²) in [5, 5.41) is 9.94. The van der Waals surface area contributed by atoms with E-state index in [-0.39, 0.29) is 5.91 Å². The van der Waals surface area contributed by atoms with Crippen LogP contribution in [0.5, 0.6) is 0 Å². The Morgan fingerprint density at radius 1 is 1.40 bits per heavy atom. The molecule has 0 saturated heterocycles. The molecule has 0 saturated carbocycles. The highest BCUT2D eigenvalue weighted by atomic mass is 16.3. The smallest absolute Gasteiger partial charge is 0.256 e. The Labute approximate surface area is 89.3 Å². The SMILES string of the molecule is CCCCN1C(=O)c2ccccc2C1O. The lowest BCUT2D eigenvalue weighted by atomic mass is 10.1. The minimum atomic E-state index is -0.750. The van der Waals surface area contributed by atoms with Crippen LogP contribution < -0.4 is 0 Å². The Hall–Kier alpha value is -1.35. The van der Waals surface area contributed by atoms with E-state index in [1.165, 1.54) is 4.90 Å². The molecule has 1 aliphatic heterocycles. The van der Waals surface area contributed by atoms with Gasteiger partial charge in [0.15, 0.2) is 6.23 Å².